The van der Waals surface area contributed by atoms with Gasteiger partial charge in [0.2, 0.25) is 0 Å². The number of para-hydroxylation sites is 1. The number of hydrogen-bond acceptors (Lipinski definition) is 3. The maximum Gasteiger partial charge on any atom is 0.252 e. The Bertz CT molecular complexity index is 1180. The molecule has 0 aliphatic heterocycles. The maximum atomic E-state index is 12.8. The molecule has 4 aromatic rings. The van der Waals surface area contributed by atoms with E-state index in [0.29, 0.717) is 26.2 Å². The average molecular weight is 391 g/mol. The third-order valence-electron chi connectivity index (χ3n) is 4.69. The number of fused-ring (bicyclic) bond motifs is 2. The summed E-state index contributed by atoms with van der Waals surface area (Å²) in [7, 11) is 0. The van der Waals surface area contributed by atoms with Gasteiger partial charge in [0.25, 0.3) is 5.91 Å². The monoisotopic (exact) mass is 390 g/mol. The fourth-order valence-corrected chi connectivity index (χ4v) is 4.45. The van der Waals surface area contributed by atoms with E-state index in [1.165, 1.54) is 0 Å². The Morgan fingerprint density at radius 1 is 1.04 bits per heavy atom. The van der Waals surface area contributed by atoms with Gasteiger partial charge < -0.3 is 9.30 Å². The van der Waals surface area contributed by atoms with Gasteiger partial charge >= 0.3 is 0 Å². The van der Waals surface area contributed by atoms with Crippen LogP contribution in [0, 0.1) is 0 Å². The second kappa shape index (κ2) is 8.50. The third-order valence-corrected chi connectivity index (χ3v) is 5.75. The smallest absolute Gasteiger partial charge is 0.252 e. The molecule has 142 valence electrons. The van der Waals surface area contributed by atoms with Gasteiger partial charge in [-0.25, -0.2) is 0 Å². The number of nitrogens with zero attached hydrogens (tertiary/aromatic N) is 2. The van der Waals surface area contributed by atoms with Crippen molar-refractivity contribution in [3.63, 3.8) is 0 Å². The first kappa shape index (κ1) is 18.6. The SMILES string of the molecule is CCOCCn1c(=NC(=O)Cc2cccc3ccccc23)sc2ccccc21. The van der Waals surface area contributed by atoms with Gasteiger partial charge in [0.1, 0.15) is 0 Å². The molecule has 0 spiro atoms. The normalized spacial score (nSPS) is 12.1. The van der Waals surface area contributed by atoms with E-state index >= 15 is 0 Å². The van der Waals surface area contributed by atoms with Crippen LogP contribution < -0.4 is 4.80 Å². The van der Waals surface area contributed by atoms with Crippen molar-refractivity contribution in [2.24, 2.45) is 4.99 Å². The van der Waals surface area contributed by atoms with Crippen molar-refractivity contribution in [2.45, 2.75) is 19.9 Å². The fourth-order valence-electron chi connectivity index (χ4n) is 3.38. The molecule has 0 atom stereocenters. The quantitative estimate of drug-likeness (QED) is 0.453. The molecule has 0 aliphatic rings. The summed E-state index contributed by atoms with van der Waals surface area (Å²) >= 11 is 1.54. The van der Waals surface area contributed by atoms with Crippen LogP contribution in [0.2, 0.25) is 0 Å². The Hall–Kier alpha value is -2.76. The summed E-state index contributed by atoms with van der Waals surface area (Å²) in [5.74, 6) is -0.131. The zero-order valence-corrected chi connectivity index (χ0v) is 16.6. The van der Waals surface area contributed by atoms with E-state index in [4.69, 9.17) is 4.74 Å². The van der Waals surface area contributed by atoms with Crippen LogP contribution in [-0.2, 0) is 22.5 Å². The van der Waals surface area contributed by atoms with Crippen LogP contribution in [-0.4, -0.2) is 23.7 Å². The van der Waals surface area contributed by atoms with Crippen LogP contribution in [0.15, 0.2) is 71.7 Å². The van der Waals surface area contributed by atoms with Gasteiger partial charge in [-0.3, -0.25) is 4.79 Å². The molecule has 1 aromatic heterocycles. The summed E-state index contributed by atoms with van der Waals surface area (Å²) in [4.78, 5) is 18.0. The van der Waals surface area contributed by atoms with Gasteiger partial charge in [-0.2, -0.15) is 4.99 Å². The van der Waals surface area contributed by atoms with Gasteiger partial charge in [-0.1, -0.05) is 65.9 Å². The number of benzene rings is 3. The van der Waals surface area contributed by atoms with E-state index in [9.17, 15) is 4.79 Å². The van der Waals surface area contributed by atoms with Crippen molar-refractivity contribution in [3.8, 4) is 0 Å². The van der Waals surface area contributed by atoms with Crippen molar-refractivity contribution >= 4 is 38.2 Å². The molecule has 0 radical (unpaired) electrons. The average Bonchev–Trinajstić information content (AvgIpc) is 3.05. The number of hydrogen-bond donors (Lipinski definition) is 0. The van der Waals surface area contributed by atoms with Gasteiger partial charge in [0.15, 0.2) is 4.80 Å². The number of amides is 1. The molecule has 28 heavy (non-hydrogen) atoms. The van der Waals surface area contributed by atoms with Crippen molar-refractivity contribution in [2.75, 3.05) is 13.2 Å². The Labute approximate surface area is 167 Å². The highest BCUT2D eigenvalue weighted by Crippen LogP contribution is 2.20. The lowest BCUT2D eigenvalue weighted by atomic mass is 10.0. The summed E-state index contributed by atoms with van der Waals surface area (Å²) in [5, 5.41) is 2.25. The summed E-state index contributed by atoms with van der Waals surface area (Å²) in [6.45, 7) is 3.94. The number of aromatic nitrogens is 1. The van der Waals surface area contributed by atoms with Crippen LogP contribution in [0.5, 0.6) is 0 Å². The summed E-state index contributed by atoms with van der Waals surface area (Å²) < 4.78 is 8.72. The second-order valence-electron chi connectivity index (χ2n) is 6.52. The van der Waals surface area contributed by atoms with Crippen LogP contribution in [0.3, 0.4) is 0 Å². The van der Waals surface area contributed by atoms with Crippen molar-refractivity contribution < 1.29 is 9.53 Å². The topological polar surface area (TPSA) is 43.6 Å². The lowest BCUT2D eigenvalue weighted by molar-refractivity contribution is -0.117. The Kier molecular flexibility index (Phi) is 5.65. The number of ether oxygens (including phenoxy) is 1. The minimum atomic E-state index is -0.131. The largest absolute Gasteiger partial charge is 0.380 e. The lowest BCUT2D eigenvalue weighted by Crippen LogP contribution is -2.20. The molecular formula is C23H22N2O2S. The fraction of sp³-hybridized carbons (Fsp3) is 0.217. The van der Waals surface area contributed by atoms with Crippen LogP contribution >= 0.6 is 11.3 Å². The Morgan fingerprint density at radius 2 is 1.82 bits per heavy atom. The first-order valence-electron chi connectivity index (χ1n) is 9.46. The molecule has 0 N–H and O–H groups in total. The molecule has 1 heterocycles. The zero-order valence-electron chi connectivity index (χ0n) is 15.8. The highest BCUT2D eigenvalue weighted by Gasteiger charge is 2.09. The summed E-state index contributed by atoms with van der Waals surface area (Å²) in [6.07, 6.45) is 0.293. The summed E-state index contributed by atoms with van der Waals surface area (Å²) in [6, 6.07) is 22.3. The lowest BCUT2D eigenvalue weighted by Gasteiger charge is -2.06. The Balaban J connectivity index is 1.68. The van der Waals surface area contributed by atoms with Crippen LogP contribution in [0.4, 0.5) is 0 Å². The van der Waals surface area contributed by atoms with Crippen LogP contribution in [0.25, 0.3) is 21.0 Å². The van der Waals surface area contributed by atoms with E-state index in [-0.39, 0.29) is 5.91 Å². The molecule has 0 saturated carbocycles. The molecule has 0 unspecified atom stereocenters. The van der Waals surface area contributed by atoms with Gasteiger partial charge in [-0.05, 0) is 35.4 Å². The standard InChI is InChI=1S/C23H22N2O2S/c1-2-27-15-14-25-20-12-5-6-13-21(20)28-23(25)24-22(26)16-18-10-7-9-17-8-3-4-11-19(17)18/h3-13H,2,14-16H2,1H3. The number of carbonyl (C=O) groups excluding carboxylic acids is 1. The molecular weight excluding hydrogens is 368 g/mol. The molecule has 1 amide bonds. The van der Waals surface area contributed by atoms with Gasteiger partial charge in [0.05, 0.1) is 23.2 Å². The van der Waals surface area contributed by atoms with E-state index < -0.39 is 0 Å². The molecule has 5 heteroatoms. The maximum absolute atomic E-state index is 12.8. The van der Waals surface area contributed by atoms with Crippen molar-refractivity contribution in [1.29, 1.82) is 0 Å². The summed E-state index contributed by atoms with van der Waals surface area (Å²) in [5.41, 5.74) is 2.10. The van der Waals surface area contributed by atoms with Crippen molar-refractivity contribution in [1.82, 2.24) is 4.57 Å². The predicted molar refractivity (Wildman–Crippen MR) is 115 cm³/mol. The Morgan fingerprint density at radius 3 is 2.71 bits per heavy atom. The van der Waals surface area contributed by atoms with E-state index in [1.807, 2.05) is 43.3 Å². The highest BCUT2D eigenvalue weighted by atomic mass is 32.1. The molecule has 0 aliphatic carbocycles. The molecule has 4 rings (SSSR count). The van der Waals surface area contributed by atoms with Crippen molar-refractivity contribution in [3.05, 3.63) is 77.1 Å². The minimum Gasteiger partial charge on any atom is -0.380 e. The highest BCUT2D eigenvalue weighted by molar-refractivity contribution is 7.16. The van der Waals surface area contributed by atoms with E-state index in [0.717, 1.165) is 31.4 Å². The van der Waals surface area contributed by atoms with Gasteiger partial charge in [-0.15, -0.1) is 0 Å². The molecule has 3 aromatic carbocycles. The number of carbonyl (C=O) groups is 1. The number of thiazole rings is 1. The van der Waals surface area contributed by atoms with Crippen LogP contribution in [0.1, 0.15) is 12.5 Å². The minimum absolute atomic E-state index is 0.131. The molecule has 0 saturated heterocycles. The molecule has 0 fully saturated rings. The third kappa shape index (κ3) is 3.91. The molecule has 0 bridgehead atoms. The predicted octanol–water partition coefficient (Wildman–Crippen LogP) is 4.56. The first-order valence-corrected chi connectivity index (χ1v) is 10.3. The number of rotatable bonds is 6. The van der Waals surface area contributed by atoms with Gasteiger partial charge in [0, 0.05) is 13.2 Å². The van der Waals surface area contributed by atoms with E-state index in [1.54, 1.807) is 11.3 Å². The second-order valence-corrected chi connectivity index (χ2v) is 7.53. The van der Waals surface area contributed by atoms with E-state index in [2.05, 4.69) is 39.9 Å². The first-order chi connectivity index (χ1) is 13.8. The zero-order chi connectivity index (χ0) is 19.3. The molecule has 4 nitrogen and oxygen atoms in total.